The second-order valence-electron chi connectivity index (χ2n) is 3.22. The minimum Gasteiger partial charge on any atom is -0.275 e. The molecule has 2 rings (SSSR count). The van der Waals surface area contributed by atoms with Crippen LogP contribution in [0.4, 0.5) is 4.39 Å². The van der Waals surface area contributed by atoms with Gasteiger partial charge in [-0.3, -0.25) is 9.48 Å². The smallest absolute Gasteiger partial charge is 0.275 e. The summed E-state index contributed by atoms with van der Waals surface area (Å²) >= 11 is 0.952. The maximum atomic E-state index is 12.6. The van der Waals surface area contributed by atoms with Gasteiger partial charge in [-0.25, -0.2) is 5.43 Å². The number of carbonyl (C=O) groups is 1. The van der Waals surface area contributed by atoms with Gasteiger partial charge < -0.3 is 0 Å². The first-order valence-corrected chi connectivity index (χ1v) is 5.55. The van der Waals surface area contributed by atoms with Crippen molar-refractivity contribution in [1.29, 1.82) is 0 Å². The minimum absolute atomic E-state index is 0.280. The lowest BCUT2D eigenvalue weighted by atomic mass is 10.4. The summed E-state index contributed by atoms with van der Waals surface area (Å²) in [6, 6.07) is 4.50. The van der Waals surface area contributed by atoms with Crippen molar-refractivity contribution in [3.8, 4) is 0 Å². The highest BCUT2D eigenvalue weighted by Gasteiger charge is 2.06. The molecule has 0 saturated heterocycles. The Morgan fingerprint density at radius 1 is 1.59 bits per heavy atom. The van der Waals surface area contributed by atoms with Crippen LogP contribution in [0.1, 0.15) is 15.4 Å². The molecule has 0 unspecified atom stereocenters. The van der Waals surface area contributed by atoms with Crippen LogP contribution < -0.4 is 5.43 Å². The topological polar surface area (TPSA) is 59.3 Å². The van der Waals surface area contributed by atoms with E-state index in [2.05, 4.69) is 15.6 Å². The zero-order valence-corrected chi connectivity index (χ0v) is 9.74. The Balaban J connectivity index is 1.94. The molecule has 2 aromatic rings. The van der Waals surface area contributed by atoms with Crippen molar-refractivity contribution in [1.82, 2.24) is 15.2 Å². The number of nitrogens with one attached hydrogen (secondary N) is 1. The number of aryl methyl sites for hydroxylation is 1. The predicted octanol–water partition coefficient (Wildman–Crippen LogP) is 1.38. The predicted molar refractivity (Wildman–Crippen MR) is 62.5 cm³/mol. The molecule has 2 aromatic heterocycles. The van der Waals surface area contributed by atoms with Crippen molar-refractivity contribution in [3.63, 3.8) is 0 Å². The van der Waals surface area contributed by atoms with Crippen molar-refractivity contribution >= 4 is 23.5 Å². The number of nitrogens with zero attached hydrogens (tertiary/aromatic N) is 3. The molecule has 1 N–H and O–H groups in total. The van der Waals surface area contributed by atoms with Gasteiger partial charge in [-0.2, -0.15) is 14.6 Å². The van der Waals surface area contributed by atoms with Crippen LogP contribution in [0.25, 0.3) is 0 Å². The van der Waals surface area contributed by atoms with Crippen LogP contribution in [-0.2, 0) is 7.05 Å². The van der Waals surface area contributed by atoms with Crippen LogP contribution in [0.3, 0.4) is 0 Å². The molecule has 88 valence electrons. The van der Waals surface area contributed by atoms with Gasteiger partial charge in [0.2, 0.25) is 0 Å². The number of hydrazone groups is 1. The molecule has 0 saturated carbocycles. The number of aromatic nitrogens is 2. The summed E-state index contributed by atoms with van der Waals surface area (Å²) < 4.78 is 14.2. The Labute approximate surface area is 101 Å². The zero-order valence-electron chi connectivity index (χ0n) is 8.92. The fourth-order valence-electron chi connectivity index (χ4n) is 1.15. The van der Waals surface area contributed by atoms with E-state index in [1.54, 1.807) is 25.4 Å². The molecule has 0 aliphatic heterocycles. The molecule has 0 fully saturated rings. The normalized spacial score (nSPS) is 10.9. The number of rotatable bonds is 3. The van der Waals surface area contributed by atoms with Crippen molar-refractivity contribution in [3.05, 3.63) is 40.1 Å². The Bertz CT molecular complexity index is 560. The van der Waals surface area contributed by atoms with Gasteiger partial charge in [0.25, 0.3) is 5.91 Å². The SMILES string of the molecule is Cn1ccc(C(=O)NN=Cc2ccc(F)s2)n1. The van der Waals surface area contributed by atoms with E-state index in [1.807, 2.05) is 0 Å². The Hall–Kier alpha value is -2.02. The van der Waals surface area contributed by atoms with E-state index in [4.69, 9.17) is 0 Å². The summed E-state index contributed by atoms with van der Waals surface area (Å²) in [5, 5.41) is 7.33. The van der Waals surface area contributed by atoms with Crippen molar-refractivity contribution in [2.75, 3.05) is 0 Å². The molecule has 0 aromatic carbocycles. The first-order valence-electron chi connectivity index (χ1n) is 4.73. The third kappa shape index (κ3) is 2.97. The molecule has 0 radical (unpaired) electrons. The molecular formula is C10H9FN4OS. The van der Waals surface area contributed by atoms with E-state index in [-0.39, 0.29) is 10.8 Å². The second kappa shape index (κ2) is 4.88. The fraction of sp³-hybridized carbons (Fsp3) is 0.100. The molecular weight excluding hydrogens is 243 g/mol. The number of amides is 1. The van der Waals surface area contributed by atoms with E-state index in [9.17, 15) is 9.18 Å². The zero-order chi connectivity index (χ0) is 12.3. The highest BCUT2D eigenvalue weighted by molar-refractivity contribution is 7.12. The molecule has 1 amide bonds. The molecule has 5 nitrogen and oxygen atoms in total. The van der Waals surface area contributed by atoms with Gasteiger partial charge in [0.05, 0.1) is 11.1 Å². The molecule has 0 bridgehead atoms. The fourth-order valence-corrected chi connectivity index (χ4v) is 1.75. The summed E-state index contributed by atoms with van der Waals surface area (Å²) in [7, 11) is 1.72. The quantitative estimate of drug-likeness (QED) is 0.662. The number of thiophene rings is 1. The largest absolute Gasteiger partial charge is 0.291 e. The lowest BCUT2D eigenvalue weighted by molar-refractivity contribution is 0.0949. The van der Waals surface area contributed by atoms with E-state index < -0.39 is 5.91 Å². The summed E-state index contributed by atoms with van der Waals surface area (Å²) in [4.78, 5) is 12.1. The van der Waals surface area contributed by atoms with Crippen LogP contribution in [0, 0.1) is 5.13 Å². The number of hydrogen-bond acceptors (Lipinski definition) is 4. The van der Waals surface area contributed by atoms with Gasteiger partial charge in [-0.15, -0.1) is 11.3 Å². The van der Waals surface area contributed by atoms with E-state index in [0.717, 1.165) is 11.3 Å². The first-order chi connectivity index (χ1) is 8.15. The molecule has 0 aliphatic carbocycles. The molecule has 17 heavy (non-hydrogen) atoms. The summed E-state index contributed by atoms with van der Waals surface area (Å²) in [5.74, 6) is -0.404. The van der Waals surface area contributed by atoms with E-state index in [1.165, 1.54) is 17.0 Å². The maximum absolute atomic E-state index is 12.6. The Kier molecular flexibility index (Phi) is 3.29. The van der Waals surface area contributed by atoms with Gasteiger partial charge in [0.1, 0.15) is 0 Å². The summed E-state index contributed by atoms with van der Waals surface area (Å²) in [6.45, 7) is 0. The van der Waals surface area contributed by atoms with Gasteiger partial charge in [-0.1, -0.05) is 0 Å². The van der Waals surface area contributed by atoms with E-state index >= 15 is 0 Å². The van der Waals surface area contributed by atoms with Crippen LogP contribution >= 0.6 is 11.3 Å². The maximum Gasteiger partial charge on any atom is 0.291 e. The van der Waals surface area contributed by atoms with Gasteiger partial charge in [0, 0.05) is 13.2 Å². The van der Waals surface area contributed by atoms with Crippen LogP contribution in [-0.4, -0.2) is 21.9 Å². The van der Waals surface area contributed by atoms with Crippen molar-refractivity contribution in [2.24, 2.45) is 12.1 Å². The third-order valence-electron chi connectivity index (χ3n) is 1.90. The standard InChI is InChI=1S/C10H9FN4OS/c1-15-5-4-8(14-15)10(16)13-12-6-7-2-3-9(11)17-7/h2-6H,1H3,(H,13,16). The third-order valence-corrected chi connectivity index (χ3v) is 2.71. The number of hydrogen-bond donors (Lipinski definition) is 1. The Morgan fingerprint density at radius 2 is 2.41 bits per heavy atom. The molecule has 7 heteroatoms. The number of carbonyl (C=O) groups excluding carboxylic acids is 1. The highest BCUT2D eigenvalue weighted by atomic mass is 32.1. The Morgan fingerprint density at radius 3 is 3.00 bits per heavy atom. The van der Waals surface area contributed by atoms with Crippen LogP contribution in [0.5, 0.6) is 0 Å². The van der Waals surface area contributed by atoms with Gasteiger partial charge in [-0.05, 0) is 18.2 Å². The molecule has 0 atom stereocenters. The van der Waals surface area contributed by atoms with Crippen LogP contribution in [0.2, 0.25) is 0 Å². The first kappa shape index (κ1) is 11.5. The highest BCUT2D eigenvalue weighted by Crippen LogP contribution is 2.11. The second-order valence-corrected chi connectivity index (χ2v) is 4.28. The lowest BCUT2D eigenvalue weighted by Gasteiger charge is -1.93. The van der Waals surface area contributed by atoms with Crippen LogP contribution in [0.15, 0.2) is 29.5 Å². The summed E-state index contributed by atoms with van der Waals surface area (Å²) in [5.41, 5.74) is 2.59. The van der Waals surface area contributed by atoms with Crippen molar-refractivity contribution in [2.45, 2.75) is 0 Å². The van der Waals surface area contributed by atoms with Gasteiger partial charge >= 0.3 is 0 Å². The van der Waals surface area contributed by atoms with Crippen molar-refractivity contribution < 1.29 is 9.18 Å². The monoisotopic (exact) mass is 252 g/mol. The average Bonchev–Trinajstić information content (AvgIpc) is 2.88. The van der Waals surface area contributed by atoms with E-state index in [0.29, 0.717) is 4.88 Å². The molecule has 0 aliphatic rings. The summed E-state index contributed by atoms with van der Waals surface area (Å²) in [6.07, 6.45) is 3.04. The lowest BCUT2D eigenvalue weighted by Crippen LogP contribution is -2.18. The molecule has 0 spiro atoms. The van der Waals surface area contributed by atoms with Gasteiger partial charge in [0.15, 0.2) is 10.8 Å². The average molecular weight is 252 g/mol. The molecule has 2 heterocycles. The minimum atomic E-state index is -0.404. The number of halogens is 1.